The van der Waals surface area contributed by atoms with E-state index in [4.69, 9.17) is 16.3 Å². The van der Waals surface area contributed by atoms with E-state index in [0.717, 1.165) is 0 Å². The van der Waals surface area contributed by atoms with E-state index >= 15 is 0 Å². The first-order chi connectivity index (χ1) is 9.47. The molecule has 0 spiro atoms. The van der Waals surface area contributed by atoms with Crippen molar-refractivity contribution in [2.24, 2.45) is 0 Å². The number of hydrogen-bond acceptors (Lipinski definition) is 4. The topological polar surface area (TPSA) is 104 Å². The Morgan fingerprint density at radius 2 is 1.84 bits per heavy atom. The van der Waals surface area contributed by atoms with Crippen molar-refractivity contribution < 1.29 is 30.7 Å². The molecule has 102 valence electrons. The van der Waals surface area contributed by atoms with Crippen LogP contribution in [0.2, 0.25) is 0 Å². The van der Waals surface area contributed by atoms with E-state index in [1.807, 2.05) is 0 Å². The van der Waals surface area contributed by atoms with E-state index in [1.165, 1.54) is 0 Å². The zero-order valence-electron chi connectivity index (χ0n) is 10.9. The van der Waals surface area contributed by atoms with Gasteiger partial charge < -0.3 is 14.9 Å². The van der Waals surface area contributed by atoms with Crippen molar-refractivity contribution in [3.63, 3.8) is 0 Å². The zero-order chi connectivity index (χ0) is 15.1. The maximum Gasteiger partial charge on any atom is 0.411 e. The van der Waals surface area contributed by atoms with Gasteiger partial charge in [0.2, 0.25) is 6.04 Å². The molecule has 0 radical (unpaired) electrons. The van der Waals surface area contributed by atoms with Gasteiger partial charge in [0.25, 0.3) is 0 Å². The minimum atomic E-state index is -2.14. The number of amides is 1. The van der Waals surface area contributed by atoms with Gasteiger partial charge >= 0.3 is 18.0 Å². The quantitative estimate of drug-likeness (QED) is 0.765. The Morgan fingerprint density at radius 1 is 1.26 bits per heavy atom. The highest BCUT2D eigenvalue weighted by atomic mass is 16.6. The van der Waals surface area contributed by atoms with Gasteiger partial charge in [-0.1, -0.05) is 30.3 Å². The van der Waals surface area contributed by atoms with Crippen LogP contribution < -0.4 is 0 Å². The highest BCUT2D eigenvalue weighted by Gasteiger charge is 2.34. The van der Waals surface area contributed by atoms with Crippen LogP contribution in [-0.4, -0.2) is 46.2 Å². The van der Waals surface area contributed by atoms with Crippen LogP contribution >= 0.6 is 0 Å². The van der Waals surface area contributed by atoms with E-state index in [9.17, 15) is 14.4 Å². The largest absolute Gasteiger partial charge is 0.479 e. The van der Waals surface area contributed by atoms with Crippen LogP contribution in [0.5, 0.6) is 0 Å². The molecule has 2 N–H and O–H groups in total. The SMILES string of the molecule is [2H]CN(C(=O)OCc1ccccc1)C(C(=O)O)C(=O)O. The standard InChI is InChI=1S/C12H13NO6/c1-13(9(10(14)15)11(16)17)12(18)19-7-8-5-3-2-4-6-8/h2-6,9H,7H2,1H3,(H,14,15)(H,16,17)/i1D. The first-order valence-electron chi connectivity index (χ1n) is 5.90. The van der Waals surface area contributed by atoms with Crippen LogP contribution in [0.25, 0.3) is 0 Å². The number of carbonyl (C=O) groups excluding carboxylic acids is 1. The number of aliphatic carboxylic acids is 2. The minimum Gasteiger partial charge on any atom is -0.479 e. The summed E-state index contributed by atoms with van der Waals surface area (Å²) in [6.45, 7) is -0.137. The van der Waals surface area contributed by atoms with Gasteiger partial charge in [-0.25, -0.2) is 14.4 Å². The Bertz CT molecular complexity index is 478. The third kappa shape index (κ3) is 3.98. The normalized spacial score (nSPS) is 10.7. The molecule has 0 aliphatic rings. The van der Waals surface area contributed by atoms with Crippen molar-refractivity contribution in [3.05, 3.63) is 35.9 Å². The molecule has 0 aliphatic heterocycles. The Labute approximate surface area is 110 Å². The summed E-state index contributed by atoms with van der Waals surface area (Å²) in [4.78, 5) is 33.6. The molecule has 1 aromatic rings. The van der Waals surface area contributed by atoms with E-state index in [2.05, 4.69) is 0 Å². The molecule has 0 heterocycles. The van der Waals surface area contributed by atoms with Crippen molar-refractivity contribution in [2.45, 2.75) is 12.6 Å². The summed E-state index contributed by atoms with van der Waals surface area (Å²) in [5, 5.41) is 17.5. The number of benzene rings is 1. The summed E-state index contributed by atoms with van der Waals surface area (Å²) in [6.07, 6.45) is -1.17. The Balaban J connectivity index is 2.72. The minimum absolute atomic E-state index is 0.137. The fraction of sp³-hybridized carbons (Fsp3) is 0.250. The van der Waals surface area contributed by atoms with Gasteiger partial charge in [0.05, 0.1) is 0 Å². The fourth-order valence-electron chi connectivity index (χ4n) is 1.28. The van der Waals surface area contributed by atoms with Crippen LogP contribution in [0.3, 0.4) is 0 Å². The highest BCUT2D eigenvalue weighted by molar-refractivity contribution is 5.99. The number of carboxylic acids is 2. The second kappa shape index (κ2) is 6.39. The molecular formula is C12H13NO6. The molecule has 1 amide bonds. The van der Waals surface area contributed by atoms with Crippen LogP contribution in [0.15, 0.2) is 30.3 Å². The molecule has 0 aromatic heterocycles. The lowest BCUT2D eigenvalue weighted by molar-refractivity contribution is -0.155. The average Bonchev–Trinajstić information content (AvgIpc) is 2.42. The number of hydrogen-bond donors (Lipinski definition) is 2. The predicted molar refractivity (Wildman–Crippen MR) is 63.4 cm³/mol. The van der Waals surface area contributed by atoms with E-state index in [1.54, 1.807) is 30.3 Å². The first kappa shape index (κ1) is 12.9. The predicted octanol–water partition coefficient (Wildman–Crippen LogP) is 0.793. The molecule has 0 atom stereocenters. The number of carboxylic acid groups (broad SMARTS) is 2. The molecule has 0 fully saturated rings. The lowest BCUT2D eigenvalue weighted by Crippen LogP contribution is -2.47. The van der Waals surface area contributed by atoms with Crippen LogP contribution in [0.4, 0.5) is 4.79 Å². The van der Waals surface area contributed by atoms with E-state index in [-0.39, 0.29) is 6.61 Å². The maximum absolute atomic E-state index is 11.7. The maximum atomic E-state index is 11.7. The number of carbonyl (C=O) groups is 3. The molecule has 1 aromatic carbocycles. The summed E-state index contributed by atoms with van der Waals surface area (Å²) in [6, 6.07) is 6.45. The van der Waals surface area contributed by atoms with Gasteiger partial charge in [0.15, 0.2) is 0 Å². The molecule has 0 saturated heterocycles. The van der Waals surface area contributed by atoms with Crippen molar-refractivity contribution in [1.29, 1.82) is 0 Å². The van der Waals surface area contributed by atoms with Gasteiger partial charge in [-0.2, -0.15) is 0 Å². The molecule has 0 unspecified atom stereocenters. The van der Waals surface area contributed by atoms with E-state index in [0.29, 0.717) is 10.5 Å². The van der Waals surface area contributed by atoms with Crippen LogP contribution in [0.1, 0.15) is 6.93 Å². The van der Waals surface area contributed by atoms with Gasteiger partial charge in [-0.15, -0.1) is 0 Å². The van der Waals surface area contributed by atoms with Gasteiger partial charge in [-0.3, -0.25) is 4.90 Å². The summed E-state index contributed by atoms with van der Waals surface area (Å²) in [5.74, 6) is -3.47. The molecule has 1 rings (SSSR count). The molecule has 7 heteroatoms. The summed E-state index contributed by atoms with van der Waals surface area (Å²) in [7, 11) is -0.836. The molecular weight excluding hydrogens is 254 g/mol. The second-order valence-corrected chi connectivity index (χ2v) is 3.59. The monoisotopic (exact) mass is 268 g/mol. The van der Waals surface area contributed by atoms with Crippen molar-refractivity contribution in [1.82, 2.24) is 4.90 Å². The van der Waals surface area contributed by atoms with Crippen LogP contribution in [-0.2, 0) is 20.9 Å². The lowest BCUT2D eigenvalue weighted by atomic mass is 10.2. The van der Waals surface area contributed by atoms with E-state index < -0.39 is 31.1 Å². The Hall–Kier alpha value is -2.57. The van der Waals surface area contributed by atoms with Crippen molar-refractivity contribution in [3.8, 4) is 0 Å². The van der Waals surface area contributed by atoms with Crippen molar-refractivity contribution in [2.75, 3.05) is 7.02 Å². The van der Waals surface area contributed by atoms with Crippen molar-refractivity contribution >= 4 is 18.0 Å². The third-order valence-corrected chi connectivity index (χ3v) is 2.22. The molecule has 19 heavy (non-hydrogen) atoms. The number of ether oxygens (including phenoxy) is 1. The Morgan fingerprint density at radius 3 is 2.32 bits per heavy atom. The number of likely N-dealkylation sites (N-methyl/N-ethyl adjacent to an activating group) is 1. The van der Waals surface area contributed by atoms with Gasteiger partial charge in [0, 0.05) is 8.39 Å². The summed E-state index contributed by atoms with van der Waals surface area (Å²) < 4.78 is 11.9. The Kier molecular flexibility index (Phi) is 4.33. The highest BCUT2D eigenvalue weighted by Crippen LogP contribution is 2.05. The lowest BCUT2D eigenvalue weighted by Gasteiger charge is -2.20. The van der Waals surface area contributed by atoms with Crippen LogP contribution in [0, 0.1) is 0 Å². The fourth-order valence-corrected chi connectivity index (χ4v) is 1.28. The van der Waals surface area contributed by atoms with Gasteiger partial charge in [-0.05, 0) is 5.56 Å². The van der Waals surface area contributed by atoms with Gasteiger partial charge in [0.1, 0.15) is 6.61 Å². The number of rotatable bonds is 5. The first-order valence-corrected chi connectivity index (χ1v) is 5.19. The zero-order valence-corrected chi connectivity index (χ0v) is 9.85. The molecule has 0 saturated carbocycles. The second-order valence-electron chi connectivity index (χ2n) is 3.59. The molecule has 0 aliphatic carbocycles. The molecule has 0 bridgehead atoms. The summed E-state index contributed by atoms with van der Waals surface area (Å²) >= 11 is 0. The summed E-state index contributed by atoms with van der Waals surface area (Å²) in [5.41, 5.74) is 0.660. The molecule has 7 nitrogen and oxygen atoms in total. The third-order valence-electron chi connectivity index (χ3n) is 2.22. The average molecular weight is 268 g/mol. The number of nitrogens with zero attached hydrogens (tertiary/aromatic N) is 1. The smallest absolute Gasteiger partial charge is 0.411 e.